The number of halogens is 1. The van der Waals surface area contributed by atoms with Crippen LogP contribution in [0.2, 0.25) is 0 Å². The van der Waals surface area contributed by atoms with E-state index in [9.17, 15) is 0 Å². The summed E-state index contributed by atoms with van der Waals surface area (Å²) in [4.78, 5) is 4.86. The van der Waals surface area contributed by atoms with Crippen molar-refractivity contribution in [3.63, 3.8) is 0 Å². The third-order valence-corrected chi connectivity index (χ3v) is 5.85. The predicted molar refractivity (Wildman–Crippen MR) is 136 cm³/mol. The fourth-order valence-electron chi connectivity index (χ4n) is 4.14. The van der Waals surface area contributed by atoms with Gasteiger partial charge in [-0.3, -0.25) is 4.99 Å². The number of hydrogen-bond donors (Lipinski definition) is 2. The van der Waals surface area contributed by atoms with E-state index in [1.54, 1.807) is 0 Å². The molecular formula is C24H40IN3O3. The molecule has 2 fully saturated rings. The number of benzene rings is 1. The third-order valence-electron chi connectivity index (χ3n) is 5.85. The number of hydrogen-bond acceptors (Lipinski definition) is 4. The van der Waals surface area contributed by atoms with Gasteiger partial charge in [-0.2, -0.15) is 0 Å². The highest BCUT2D eigenvalue weighted by Gasteiger charge is 2.27. The average molecular weight is 546 g/mol. The molecule has 1 aromatic rings. The summed E-state index contributed by atoms with van der Waals surface area (Å²) >= 11 is 0. The highest BCUT2D eigenvalue weighted by atomic mass is 127. The van der Waals surface area contributed by atoms with Crippen molar-refractivity contribution in [3.05, 3.63) is 35.9 Å². The van der Waals surface area contributed by atoms with Gasteiger partial charge in [-0.15, -0.1) is 24.0 Å². The van der Waals surface area contributed by atoms with Crippen LogP contribution in [0.3, 0.4) is 0 Å². The van der Waals surface area contributed by atoms with Gasteiger partial charge in [-0.25, -0.2) is 0 Å². The molecule has 0 radical (unpaired) electrons. The Balaban J connectivity index is 0.00000341. The Kier molecular flexibility index (Phi) is 13.5. The van der Waals surface area contributed by atoms with E-state index in [1.807, 2.05) is 0 Å². The van der Waals surface area contributed by atoms with Crippen LogP contribution in [0, 0.1) is 11.8 Å². The first-order valence-corrected chi connectivity index (χ1v) is 11.7. The zero-order valence-corrected chi connectivity index (χ0v) is 21.2. The van der Waals surface area contributed by atoms with Crippen LogP contribution in [0.15, 0.2) is 35.3 Å². The van der Waals surface area contributed by atoms with Crippen molar-refractivity contribution in [1.82, 2.24) is 10.6 Å². The van der Waals surface area contributed by atoms with Crippen LogP contribution in [0.4, 0.5) is 0 Å². The Morgan fingerprint density at radius 3 is 2.68 bits per heavy atom. The van der Waals surface area contributed by atoms with Gasteiger partial charge in [0.1, 0.15) is 0 Å². The zero-order valence-electron chi connectivity index (χ0n) is 18.9. The summed E-state index contributed by atoms with van der Waals surface area (Å²) < 4.78 is 17.4. The molecule has 2 aliphatic rings. The quantitative estimate of drug-likeness (QED) is 0.200. The minimum absolute atomic E-state index is 0. The molecule has 2 N–H and O–H groups in total. The number of nitrogens with zero attached hydrogens (tertiary/aromatic N) is 1. The fourth-order valence-corrected chi connectivity index (χ4v) is 4.14. The fraction of sp³-hybridized carbons (Fsp3) is 0.708. The van der Waals surface area contributed by atoms with Crippen LogP contribution in [-0.4, -0.2) is 58.6 Å². The van der Waals surface area contributed by atoms with E-state index < -0.39 is 0 Å². The minimum atomic E-state index is 0. The molecule has 2 unspecified atom stereocenters. The molecule has 7 heteroatoms. The predicted octanol–water partition coefficient (Wildman–Crippen LogP) is 4.16. The first-order chi connectivity index (χ1) is 14.9. The highest BCUT2D eigenvalue weighted by molar-refractivity contribution is 14.0. The Labute approximate surface area is 204 Å². The van der Waals surface area contributed by atoms with E-state index in [0.717, 1.165) is 90.7 Å². The van der Waals surface area contributed by atoms with Crippen LogP contribution in [-0.2, 0) is 14.2 Å². The maximum atomic E-state index is 6.11. The lowest BCUT2D eigenvalue weighted by Gasteiger charge is -2.31. The number of aliphatic imine (C=N–C) groups is 1. The molecule has 2 heterocycles. The molecule has 176 valence electrons. The van der Waals surface area contributed by atoms with Gasteiger partial charge in [0.15, 0.2) is 5.96 Å². The molecule has 0 saturated carbocycles. The molecule has 6 nitrogen and oxygen atoms in total. The molecule has 2 atom stereocenters. The highest BCUT2D eigenvalue weighted by Crippen LogP contribution is 2.33. The van der Waals surface area contributed by atoms with E-state index in [2.05, 4.69) is 47.9 Å². The van der Waals surface area contributed by atoms with Gasteiger partial charge in [0, 0.05) is 58.6 Å². The summed E-state index contributed by atoms with van der Waals surface area (Å²) in [6.07, 6.45) is 5.65. The number of nitrogens with one attached hydrogen (secondary N) is 2. The summed E-state index contributed by atoms with van der Waals surface area (Å²) in [6, 6.07) is 10.6. The number of guanidine groups is 1. The van der Waals surface area contributed by atoms with Crippen molar-refractivity contribution in [1.29, 1.82) is 0 Å². The van der Waals surface area contributed by atoms with Crippen LogP contribution in [0.25, 0.3) is 0 Å². The van der Waals surface area contributed by atoms with Crippen molar-refractivity contribution >= 4 is 29.9 Å². The first-order valence-electron chi connectivity index (χ1n) is 11.7. The van der Waals surface area contributed by atoms with Crippen molar-refractivity contribution in [2.24, 2.45) is 16.8 Å². The maximum Gasteiger partial charge on any atom is 0.191 e. The van der Waals surface area contributed by atoms with Gasteiger partial charge >= 0.3 is 0 Å². The van der Waals surface area contributed by atoms with Crippen LogP contribution in [0.5, 0.6) is 0 Å². The Morgan fingerprint density at radius 2 is 1.90 bits per heavy atom. The lowest BCUT2D eigenvalue weighted by atomic mass is 9.89. The van der Waals surface area contributed by atoms with E-state index in [4.69, 9.17) is 19.2 Å². The van der Waals surface area contributed by atoms with Crippen molar-refractivity contribution in [3.8, 4) is 0 Å². The van der Waals surface area contributed by atoms with Crippen LogP contribution >= 0.6 is 24.0 Å². The van der Waals surface area contributed by atoms with Crippen molar-refractivity contribution < 1.29 is 14.2 Å². The topological polar surface area (TPSA) is 64.1 Å². The molecule has 2 saturated heterocycles. The number of ether oxygens (including phenoxy) is 3. The molecule has 1 aromatic carbocycles. The van der Waals surface area contributed by atoms with Crippen molar-refractivity contribution in [2.45, 2.75) is 45.1 Å². The van der Waals surface area contributed by atoms with Gasteiger partial charge in [-0.1, -0.05) is 30.3 Å². The summed E-state index contributed by atoms with van der Waals surface area (Å²) in [7, 11) is 0. The molecule has 31 heavy (non-hydrogen) atoms. The molecular weight excluding hydrogens is 505 g/mol. The maximum absolute atomic E-state index is 6.11. The second-order valence-corrected chi connectivity index (χ2v) is 8.24. The molecule has 0 bridgehead atoms. The van der Waals surface area contributed by atoms with Gasteiger partial charge in [0.2, 0.25) is 0 Å². The Hall–Kier alpha value is -0.900. The van der Waals surface area contributed by atoms with Gasteiger partial charge in [0.05, 0.1) is 6.10 Å². The minimum Gasteiger partial charge on any atom is -0.381 e. The molecule has 0 aliphatic carbocycles. The summed E-state index contributed by atoms with van der Waals surface area (Å²) in [6.45, 7) is 8.85. The smallest absolute Gasteiger partial charge is 0.191 e. The summed E-state index contributed by atoms with van der Waals surface area (Å²) in [5.41, 5.74) is 1.26. The van der Waals surface area contributed by atoms with E-state index in [-0.39, 0.29) is 30.1 Å². The van der Waals surface area contributed by atoms with E-state index >= 15 is 0 Å². The lowest BCUT2D eigenvalue weighted by Crippen LogP contribution is -2.39. The average Bonchev–Trinajstić information content (AvgIpc) is 2.81. The third kappa shape index (κ3) is 9.63. The normalized spacial score (nSPS) is 22.5. The molecule has 0 amide bonds. The second kappa shape index (κ2) is 15.8. The van der Waals surface area contributed by atoms with Crippen LogP contribution < -0.4 is 10.6 Å². The van der Waals surface area contributed by atoms with Gasteiger partial charge < -0.3 is 24.8 Å². The Bertz CT molecular complexity index is 611. The lowest BCUT2D eigenvalue weighted by molar-refractivity contribution is -0.0250. The largest absolute Gasteiger partial charge is 0.381 e. The molecule has 0 spiro atoms. The summed E-state index contributed by atoms with van der Waals surface area (Å²) in [5, 5.41) is 6.81. The number of rotatable bonds is 10. The van der Waals surface area contributed by atoms with E-state index in [1.165, 1.54) is 5.56 Å². The van der Waals surface area contributed by atoms with Gasteiger partial charge in [-0.05, 0) is 50.5 Å². The van der Waals surface area contributed by atoms with E-state index in [0.29, 0.717) is 11.8 Å². The SMILES string of the molecule is CCNC(=NCC1CCCOC1c1ccccc1)NCCCOCC1CCOCC1.I. The second-order valence-electron chi connectivity index (χ2n) is 8.24. The Morgan fingerprint density at radius 1 is 1.10 bits per heavy atom. The zero-order chi connectivity index (χ0) is 20.9. The monoisotopic (exact) mass is 545 g/mol. The molecule has 0 aromatic heterocycles. The molecule has 2 aliphatic heterocycles. The van der Waals surface area contributed by atoms with Crippen molar-refractivity contribution in [2.75, 3.05) is 52.7 Å². The molecule has 3 rings (SSSR count). The van der Waals surface area contributed by atoms with Gasteiger partial charge in [0.25, 0.3) is 0 Å². The summed E-state index contributed by atoms with van der Waals surface area (Å²) in [5.74, 6) is 1.97. The standard InChI is InChI=1S/C24H39N3O3.HI/c1-2-25-24(26-13-7-14-29-19-20-11-16-28-17-12-20)27-18-22-10-6-15-30-23(22)21-8-4-3-5-9-21;/h3-5,8-9,20,22-23H,2,6-7,10-19H2,1H3,(H2,25,26,27);1H. The first kappa shape index (κ1) is 26.4. The van der Waals surface area contributed by atoms with Crippen LogP contribution in [0.1, 0.15) is 50.7 Å².